The van der Waals surface area contributed by atoms with Crippen molar-refractivity contribution in [3.63, 3.8) is 0 Å². The Morgan fingerprint density at radius 2 is 1.60 bits per heavy atom. The van der Waals surface area contributed by atoms with Crippen LogP contribution in [0.3, 0.4) is 0 Å². The van der Waals surface area contributed by atoms with Gasteiger partial charge in [-0.1, -0.05) is 12.1 Å². The number of hydrogen-bond donors (Lipinski definition) is 0. The zero-order valence-electron chi connectivity index (χ0n) is 24.7. The summed E-state index contributed by atoms with van der Waals surface area (Å²) >= 11 is 0. The predicted octanol–water partition coefficient (Wildman–Crippen LogP) is 5.78. The molecule has 0 atom stereocenters. The molecule has 7 heteroatoms. The molecule has 1 amide bonds. The van der Waals surface area contributed by atoms with E-state index in [0.29, 0.717) is 17.8 Å². The smallest absolute Gasteiger partial charge is 0.219 e. The number of carbonyl (C=O) groups excluding carboxylic acids is 1. The molecule has 0 unspecified atom stereocenters. The van der Waals surface area contributed by atoms with Gasteiger partial charge < -0.3 is 19.3 Å². The van der Waals surface area contributed by atoms with Crippen molar-refractivity contribution < 1.29 is 24.0 Å². The molecule has 1 aromatic rings. The topological polar surface area (TPSA) is 60.5 Å². The minimum atomic E-state index is -0.510. The molecule has 7 rings (SSSR count). The Morgan fingerprint density at radius 3 is 2.25 bits per heavy atom. The fraction of sp³-hybridized carbons (Fsp3) is 0.788. The first-order valence-corrected chi connectivity index (χ1v) is 16.1. The van der Waals surface area contributed by atoms with E-state index in [9.17, 15) is 4.79 Å². The van der Waals surface area contributed by atoms with Crippen molar-refractivity contribution in [3.8, 4) is 5.75 Å². The average molecular weight is 555 g/mol. The summed E-state index contributed by atoms with van der Waals surface area (Å²) in [6.07, 6.45) is 12.9. The summed E-state index contributed by atoms with van der Waals surface area (Å²) in [4.78, 5) is 28.5. The molecular formula is C33H50N2O5. The van der Waals surface area contributed by atoms with Gasteiger partial charge in [0.05, 0.1) is 12.7 Å². The van der Waals surface area contributed by atoms with Crippen molar-refractivity contribution >= 4 is 5.91 Å². The van der Waals surface area contributed by atoms with Crippen molar-refractivity contribution in [3.05, 3.63) is 29.8 Å². The molecule has 222 valence electrons. The van der Waals surface area contributed by atoms with E-state index >= 15 is 0 Å². The Bertz CT molecular complexity index is 948. The van der Waals surface area contributed by atoms with Crippen LogP contribution in [0.5, 0.6) is 5.75 Å². The zero-order chi connectivity index (χ0) is 27.5. The molecule has 4 bridgehead atoms. The molecule has 5 aliphatic carbocycles. The number of carbonyl (C=O) groups is 1. The normalized spacial score (nSPS) is 36.0. The summed E-state index contributed by atoms with van der Waals surface area (Å²) in [7, 11) is 1.83. The van der Waals surface area contributed by atoms with Crippen LogP contribution in [0.15, 0.2) is 24.3 Å². The molecule has 0 N–H and O–H groups in total. The van der Waals surface area contributed by atoms with Gasteiger partial charge in [-0.05, 0) is 113 Å². The molecule has 1 aromatic carbocycles. The third-order valence-corrected chi connectivity index (χ3v) is 10.9. The Hall–Kier alpha value is -1.67. The molecule has 0 spiro atoms. The van der Waals surface area contributed by atoms with Gasteiger partial charge in [-0.2, -0.15) is 0 Å². The molecular weight excluding hydrogens is 504 g/mol. The quantitative estimate of drug-likeness (QED) is 0.158. The fourth-order valence-electron chi connectivity index (χ4n) is 8.80. The van der Waals surface area contributed by atoms with E-state index in [-0.39, 0.29) is 12.0 Å². The number of ether oxygens (including phenoxy) is 2. The Labute approximate surface area is 240 Å². The molecule has 0 radical (unpaired) electrons. The summed E-state index contributed by atoms with van der Waals surface area (Å²) in [6, 6.07) is 8.76. The number of hydrogen-bond acceptors (Lipinski definition) is 6. The average Bonchev–Trinajstić information content (AvgIpc) is 3.22. The molecule has 6 fully saturated rings. The first-order chi connectivity index (χ1) is 19.5. The molecule has 1 heterocycles. The fourth-order valence-corrected chi connectivity index (χ4v) is 8.80. The minimum absolute atomic E-state index is 0.165. The van der Waals surface area contributed by atoms with Gasteiger partial charge in [-0.25, -0.2) is 9.78 Å². The van der Waals surface area contributed by atoms with Crippen LogP contribution in [0.4, 0.5) is 0 Å². The highest BCUT2D eigenvalue weighted by molar-refractivity contribution is 5.73. The van der Waals surface area contributed by atoms with Gasteiger partial charge >= 0.3 is 0 Å². The number of nitrogens with zero attached hydrogens (tertiary/aromatic N) is 2. The zero-order valence-corrected chi connectivity index (χ0v) is 24.7. The molecule has 1 saturated heterocycles. The van der Waals surface area contributed by atoms with Crippen molar-refractivity contribution in [1.82, 2.24) is 9.80 Å². The second-order valence-corrected chi connectivity index (χ2v) is 13.4. The highest BCUT2D eigenvalue weighted by atomic mass is 17.2. The molecule has 6 aliphatic rings. The third kappa shape index (κ3) is 6.23. The molecule has 7 nitrogen and oxygen atoms in total. The van der Waals surface area contributed by atoms with Crippen LogP contribution < -0.4 is 4.74 Å². The van der Waals surface area contributed by atoms with Crippen LogP contribution in [0.2, 0.25) is 0 Å². The highest BCUT2D eigenvalue weighted by Gasteiger charge is 2.60. The lowest BCUT2D eigenvalue weighted by atomic mass is 9.53. The van der Waals surface area contributed by atoms with Crippen molar-refractivity contribution in [2.24, 2.45) is 23.7 Å². The van der Waals surface area contributed by atoms with Crippen LogP contribution in [-0.2, 0) is 19.3 Å². The number of methoxy groups -OCH3 is 1. The van der Waals surface area contributed by atoms with E-state index in [0.717, 1.165) is 95.4 Å². The maximum absolute atomic E-state index is 11.6. The number of benzene rings is 1. The van der Waals surface area contributed by atoms with Crippen LogP contribution in [0.1, 0.15) is 89.0 Å². The maximum atomic E-state index is 11.6. The molecule has 40 heavy (non-hydrogen) atoms. The van der Waals surface area contributed by atoms with Crippen LogP contribution >= 0.6 is 0 Å². The van der Waals surface area contributed by atoms with Gasteiger partial charge in [0.25, 0.3) is 0 Å². The second kappa shape index (κ2) is 12.7. The van der Waals surface area contributed by atoms with E-state index in [1.807, 2.05) is 12.0 Å². The largest absolute Gasteiger partial charge is 0.494 e. The molecule has 1 aliphatic heterocycles. The molecule has 0 aromatic heterocycles. The molecule has 5 saturated carbocycles. The van der Waals surface area contributed by atoms with Crippen LogP contribution in [0, 0.1) is 23.7 Å². The van der Waals surface area contributed by atoms with Gasteiger partial charge in [0.15, 0.2) is 0 Å². The van der Waals surface area contributed by atoms with E-state index < -0.39 is 5.79 Å². The van der Waals surface area contributed by atoms with E-state index in [2.05, 4.69) is 29.2 Å². The van der Waals surface area contributed by atoms with Gasteiger partial charge in [0.1, 0.15) is 5.75 Å². The minimum Gasteiger partial charge on any atom is -0.494 e. The lowest BCUT2D eigenvalue weighted by Crippen LogP contribution is -2.60. The first-order valence-electron chi connectivity index (χ1n) is 16.1. The predicted molar refractivity (Wildman–Crippen MR) is 154 cm³/mol. The lowest BCUT2D eigenvalue weighted by Gasteiger charge is -2.58. The van der Waals surface area contributed by atoms with Gasteiger partial charge in [-0.3, -0.25) is 4.79 Å². The Balaban J connectivity index is 0.900. The highest BCUT2D eigenvalue weighted by Crippen LogP contribution is 2.60. The first kappa shape index (κ1) is 28.4. The lowest BCUT2D eigenvalue weighted by molar-refractivity contribution is -0.485. The number of amides is 1. The summed E-state index contributed by atoms with van der Waals surface area (Å²) in [5.41, 5.74) is 1.40. The standard InChI is InChI=1S/C33H50N2O5/c1-24(36)35-15-3-13-34(16-17-35)14-4-18-38-31-9-5-27(6-10-31)28-7-11-32(12-8-28)39-40-33(37-2)29-20-25-19-26(22-29)23-30(33)21-25/h5-6,9-10,25-26,28-30,32H,3-4,7-8,11-23H2,1-2H3/t25?,26?,28-,29?,30?,32+,33?. The van der Waals surface area contributed by atoms with E-state index in [1.165, 1.54) is 37.7 Å². The van der Waals surface area contributed by atoms with Crippen molar-refractivity contribution in [2.45, 2.75) is 95.4 Å². The van der Waals surface area contributed by atoms with Gasteiger partial charge in [0.2, 0.25) is 11.7 Å². The summed E-state index contributed by atoms with van der Waals surface area (Å²) in [5, 5.41) is 0. The van der Waals surface area contributed by atoms with Gasteiger partial charge in [0, 0.05) is 52.0 Å². The van der Waals surface area contributed by atoms with Crippen LogP contribution in [0.25, 0.3) is 0 Å². The van der Waals surface area contributed by atoms with E-state index in [4.69, 9.17) is 19.2 Å². The SMILES string of the molecule is COC1(OO[C@H]2CC[C@@H](c3ccc(OCCCN4CCCN(C(C)=O)CC4)cc3)CC2)C2CC3CC(C2)CC1C3. The summed E-state index contributed by atoms with van der Waals surface area (Å²) < 4.78 is 12.2. The maximum Gasteiger partial charge on any atom is 0.219 e. The van der Waals surface area contributed by atoms with Crippen molar-refractivity contribution in [2.75, 3.05) is 46.4 Å². The Morgan fingerprint density at radius 1 is 0.900 bits per heavy atom. The third-order valence-electron chi connectivity index (χ3n) is 10.9. The summed E-state index contributed by atoms with van der Waals surface area (Å²) in [6.45, 7) is 7.16. The van der Waals surface area contributed by atoms with E-state index in [1.54, 1.807) is 6.92 Å². The summed E-state index contributed by atoms with van der Waals surface area (Å²) in [5.74, 6) is 3.97. The Kier molecular flexibility index (Phi) is 9.02. The second-order valence-electron chi connectivity index (χ2n) is 13.4. The monoisotopic (exact) mass is 554 g/mol. The van der Waals surface area contributed by atoms with Crippen LogP contribution in [-0.4, -0.2) is 74.0 Å². The van der Waals surface area contributed by atoms with Crippen molar-refractivity contribution in [1.29, 1.82) is 0 Å². The number of rotatable bonds is 10. The van der Waals surface area contributed by atoms with Gasteiger partial charge in [-0.15, -0.1) is 0 Å².